The predicted molar refractivity (Wildman–Crippen MR) is 172 cm³/mol. The van der Waals surface area contributed by atoms with Crippen molar-refractivity contribution in [3.8, 4) is 12.1 Å². The van der Waals surface area contributed by atoms with Crippen LogP contribution in [-0.4, -0.2) is 84.1 Å². The molecule has 4 heterocycles. The molecule has 2 aromatic carbocycles. The molecule has 0 radical (unpaired) electrons. The third kappa shape index (κ3) is 5.05. The number of hydrogen-bond acceptors (Lipinski definition) is 8. The minimum Gasteiger partial charge on any atom is -0.462 e. The zero-order chi connectivity index (χ0) is 30.4. The molecule has 4 aliphatic rings. The van der Waals surface area contributed by atoms with Crippen LogP contribution in [0.2, 0.25) is 0 Å². The number of fused-ring (bicyclic) bond motifs is 5. The molecular formula is C35H41N7O2. The fourth-order valence-corrected chi connectivity index (χ4v) is 7.99. The number of likely N-dealkylation sites (N-methyl/N-ethyl adjacent to an activating group) is 1. The number of hydrogen-bond donors (Lipinski definition) is 0. The van der Waals surface area contributed by atoms with Gasteiger partial charge in [-0.15, -0.1) is 0 Å². The molecule has 3 aliphatic heterocycles. The summed E-state index contributed by atoms with van der Waals surface area (Å²) in [6.45, 7) is 10.2. The van der Waals surface area contributed by atoms with Crippen molar-refractivity contribution >= 4 is 28.2 Å². The van der Waals surface area contributed by atoms with Crippen LogP contribution in [-0.2, 0) is 11.2 Å². The van der Waals surface area contributed by atoms with Gasteiger partial charge in [0.15, 0.2) is 0 Å². The van der Waals surface area contributed by atoms with E-state index in [2.05, 4.69) is 77.7 Å². The van der Waals surface area contributed by atoms with E-state index >= 15 is 0 Å². The van der Waals surface area contributed by atoms with Crippen LogP contribution in [0, 0.1) is 24.2 Å². The fourth-order valence-electron chi connectivity index (χ4n) is 7.99. The van der Waals surface area contributed by atoms with Crippen molar-refractivity contribution in [1.82, 2.24) is 19.8 Å². The Morgan fingerprint density at radius 3 is 2.75 bits per heavy atom. The highest BCUT2D eigenvalue weighted by Crippen LogP contribution is 2.49. The van der Waals surface area contributed by atoms with E-state index in [0.29, 0.717) is 44.2 Å². The maximum atomic E-state index is 12.6. The number of nitriles is 1. The van der Waals surface area contributed by atoms with Crippen molar-refractivity contribution in [3.63, 3.8) is 0 Å². The standard InChI is InChI=1S/C35H41N7O2/c1-4-31(43)41-17-16-40(21-26(41)13-14-36)34-28-18-24-19-30(33(28)37-35(38-34)44-22-27-11-7-15-39(27)3)42(20-24)29-12-6-10-25-9-5-8-23(2)32(25)29/h4-6,8-10,12,24,26-27,30H,1,7,11,13,15-22H2,2-3H3/t24-,26?,27?,30-/m0/s1. The Bertz CT molecular complexity index is 1630. The third-order valence-corrected chi connectivity index (χ3v) is 10.2. The van der Waals surface area contributed by atoms with Gasteiger partial charge in [0.05, 0.1) is 30.3 Å². The summed E-state index contributed by atoms with van der Waals surface area (Å²) in [6, 6.07) is 16.1. The van der Waals surface area contributed by atoms with Gasteiger partial charge in [0.25, 0.3) is 0 Å². The average Bonchev–Trinajstić information content (AvgIpc) is 3.62. The summed E-state index contributed by atoms with van der Waals surface area (Å²) in [4.78, 5) is 31.9. The van der Waals surface area contributed by atoms with Crippen molar-refractivity contribution in [2.75, 3.05) is 56.2 Å². The molecule has 3 fully saturated rings. The van der Waals surface area contributed by atoms with E-state index in [0.717, 1.165) is 43.9 Å². The monoisotopic (exact) mass is 591 g/mol. The van der Waals surface area contributed by atoms with E-state index in [1.165, 1.54) is 40.1 Å². The molecule has 7 rings (SSSR count). The van der Waals surface area contributed by atoms with Gasteiger partial charge in [0, 0.05) is 48.9 Å². The lowest BCUT2D eigenvalue weighted by molar-refractivity contribution is -0.128. The summed E-state index contributed by atoms with van der Waals surface area (Å²) >= 11 is 0. The number of aromatic nitrogens is 2. The molecule has 4 atom stereocenters. The Labute approximate surface area is 259 Å². The van der Waals surface area contributed by atoms with E-state index in [1.54, 1.807) is 4.90 Å². The van der Waals surface area contributed by atoms with Gasteiger partial charge in [0.2, 0.25) is 5.91 Å². The molecule has 2 unspecified atom stereocenters. The number of carbonyl (C=O) groups is 1. The third-order valence-electron chi connectivity index (χ3n) is 10.2. The van der Waals surface area contributed by atoms with Gasteiger partial charge in [0.1, 0.15) is 12.4 Å². The smallest absolute Gasteiger partial charge is 0.318 e. The minimum atomic E-state index is -0.225. The second-order valence-electron chi connectivity index (χ2n) is 12.9. The molecule has 0 spiro atoms. The highest BCUT2D eigenvalue weighted by atomic mass is 16.5. The van der Waals surface area contributed by atoms with E-state index in [4.69, 9.17) is 14.7 Å². The first kappa shape index (κ1) is 28.6. The first-order valence-electron chi connectivity index (χ1n) is 16.0. The zero-order valence-electron chi connectivity index (χ0n) is 25.8. The van der Waals surface area contributed by atoms with E-state index in [1.807, 2.05) is 0 Å². The van der Waals surface area contributed by atoms with Crippen molar-refractivity contribution in [2.24, 2.45) is 5.92 Å². The van der Waals surface area contributed by atoms with Crippen molar-refractivity contribution in [2.45, 2.75) is 57.2 Å². The topological polar surface area (TPSA) is 88.8 Å². The van der Waals surface area contributed by atoms with Gasteiger partial charge in [-0.2, -0.15) is 15.2 Å². The zero-order valence-corrected chi connectivity index (χ0v) is 25.8. The normalized spacial score (nSPS) is 24.8. The quantitative estimate of drug-likeness (QED) is 0.367. The number of amides is 1. The first-order valence-corrected chi connectivity index (χ1v) is 16.0. The highest BCUT2D eigenvalue weighted by Gasteiger charge is 2.43. The van der Waals surface area contributed by atoms with Gasteiger partial charge >= 0.3 is 6.01 Å². The Hall–Kier alpha value is -4.16. The molecule has 3 saturated heterocycles. The molecule has 0 saturated carbocycles. The SMILES string of the molecule is C=CC(=O)N1CCN(c2nc(OCC3CCCN3C)nc3c2C[C@H]2C[C@@H]3N(c3cccc4cccc(C)c34)C2)CC1CC#N. The maximum Gasteiger partial charge on any atom is 0.318 e. The second kappa shape index (κ2) is 11.7. The summed E-state index contributed by atoms with van der Waals surface area (Å²) in [6.07, 6.45) is 5.86. The predicted octanol–water partition coefficient (Wildman–Crippen LogP) is 4.65. The van der Waals surface area contributed by atoms with Gasteiger partial charge in [-0.1, -0.05) is 36.9 Å². The van der Waals surface area contributed by atoms with Crippen LogP contribution in [0.25, 0.3) is 10.8 Å². The molecule has 9 nitrogen and oxygen atoms in total. The lowest BCUT2D eigenvalue weighted by Crippen LogP contribution is -2.55. The molecule has 1 aromatic heterocycles. The summed E-state index contributed by atoms with van der Waals surface area (Å²) in [5, 5.41) is 12.2. The van der Waals surface area contributed by atoms with Gasteiger partial charge in [-0.3, -0.25) is 4.79 Å². The number of ether oxygens (including phenoxy) is 1. The minimum absolute atomic E-state index is 0.126. The van der Waals surface area contributed by atoms with Crippen LogP contribution in [0.4, 0.5) is 11.5 Å². The first-order chi connectivity index (χ1) is 21.4. The number of anilines is 2. The van der Waals surface area contributed by atoms with E-state index < -0.39 is 0 Å². The Balaban J connectivity index is 1.28. The number of aryl methyl sites for hydroxylation is 1. The van der Waals surface area contributed by atoms with Crippen LogP contribution in [0.3, 0.4) is 0 Å². The summed E-state index contributed by atoms with van der Waals surface area (Å²) in [5.74, 6) is 1.27. The summed E-state index contributed by atoms with van der Waals surface area (Å²) in [7, 11) is 2.16. The van der Waals surface area contributed by atoms with Crippen molar-refractivity contribution < 1.29 is 9.53 Å². The largest absolute Gasteiger partial charge is 0.462 e. The summed E-state index contributed by atoms with van der Waals surface area (Å²) < 4.78 is 6.41. The van der Waals surface area contributed by atoms with Gasteiger partial charge in [-0.25, -0.2) is 0 Å². The number of likely N-dealkylation sites (tertiary alicyclic amines) is 1. The molecular weight excluding hydrogens is 550 g/mol. The number of piperazine rings is 1. The molecule has 9 heteroatoms. The lowest BCUT2D eigenvalue weighted by Gasteiger charge is -2.42. The van der Waals surface area contributed by atoms with Crippen molar-refractivity contribution in [1.29, 1.82) is 5.26 Å². The lowest BCUT2D eigenvalue weighted by atomic mass is 9.87. The average molecular weight is 592 g/mol. The number of nitrogens with zero attached hydrogens (tertiary/aromatic N) is 7. The van der Waals surface area contributed by atoms with Gasteiger partial charge < -0.3 is 24.3 Å². The Kier molecular flexibility index (Phi) is 7.63. The molecule has 1 amide bonds. The number of rotatable bonds is 7. The van der Waals surface area contributed by atoms with Crippen LogP contribution >= 0.6 is 0 Å². The molecule has 3 aromatic rings. The number of benzene rings is 2. The van der Waals surface area contributed by atoms with Crippen LogP contribution in [0.15, 0.2) is 49.1 Å². The van der Waals surface area contributed by atoms with E-state index in [-0.39, 0.29) is 24.4 Å². The number of carbonyl (C=O) groups excluding carboxylic acids is 1. The summed E-state index contributed by atoms with van der Waals surface area (Å²) in [5.41, 5.74) is 4.80. The highest BCUT2D eigenvalue weighted by molar-refractivity contribution is 5.97. The fraction of sp³-hybridized carbons (Fsp3) is 0.486. The molecule has 1 aliphatic carbocycles. The van der Waals surface area contributed by atoms with Crippen molar-refractivity contribution in [3.05, 3.63) is 65.9 Å². The Morgan fingerprint density at radius 1 is 1.14 bits per heavy atom. The van der Waals surface area contributed by atoms with Crippen LogP contribution in [0.5, 0.6) is 6.01 Å². The second-order valence-corrected chi connectivity index (χ2v) is 12.9. The van der Waals surface area contributed by atoms with Gasteiger partial charge in [-0.05, 0) is 75.2 Å². The molecule has 0 N–H and O–H groups in total. The Morgan fingerprint density at radius 2 is 1.98 bits per heavy atom. The maximum absolute atomic E-state index is 12.6. The molecule has 228 valence electrons. The van der Waals surface area contributed by atoms with Crippen LogP contribution in [0.1, 0.15) is 48.5 Å². The molecule has 2 bridgehead atoms. The van der Waals surface area contributed by atoms with E-state index in [9.17, 15) is 10.1 Å². The molecule has 44 heavy (non-hydrogen) atoms. The van der Waals surface area contributed by atoms with Crippen LogP contribution < -0.4 is 14.5 Å².